The Morgan fingerprint density at radius 2 is 1.81 bits per heavy atom. The first-order chi connectivity index (χ1) is 9.81. The number of nitrogens with zero attached hydrogens (tertiary/aromatic N) is 2. The second kappa shape index (κ2) is 7.85. The zero-order valence-corrected chi connectivity index (χ0v) is 13.0. The Labute approximate surface area is 125 Å². The monoisotopic (exact) mass is 299 g/mol. The first-order valence-corrected chi connectivity index (χ1v) is 7.33. The van der Waals surface area contributed by atoms with Crippen molar-refractivity contribution in [2.75, 3.05) is 26.7 Å². The van der Waals surface area contributed by atoms with E-state index in [1.807, 2.05) is 13.8 Å². The van der Waals surface area contributed by atoms with Crippen LogP contribution in [0.25, 0.3) is 0 Å². The minimum atomic E-state index is -1.06. The average Bonchev–Trinajstić information content (AvgIpc) is 2.90. The molecule has 0 aliphatic carbocycles. The standard InChI is InChI=1S/C14H25N3O4/c1-10(2)8-11(13(19)20)15-14(21)16(3)9-12(18)17-6-4-5-7-17/h10-11H,4-9H2,1-3H3,(H,15,21)(H,19,20). The number of carbonyl (C=O) groups is 3. The molecule has 1 rings (SSSR count). The molecule has 0 saturated carbocycles. The highest BCUT2D eigenvalue weighted by Gasteiger charge is 2.25. The Morgan fingerprint density at radius 3 is 2.29 bits per heavy atom. The minimum Gasteiger partial charge on any atom is -0.480 e. The van der Waals surface area contributed by atoms with Gasteiger partial charge < -0.3 is 20.2 Å². The van der Waals surface area contributed by atoms with Crippen molar-refractivity contribution in [1.29, 1.82) is 0 Å². The molecule has 0 bridgehead atoms. The molecule has 120 valence electrons. The van der Waals surface area contributed by atoms with Gasteiger partial charge >= 0.3 is 12.0 Å². The van der Waals surface area contributed by atoms with Crippen molar-refractivity contribution in [1.82, 2.24) is 15.1 Å². The maximum absolute atomic E-state index is 12.0. The maximum Gasteiger partial charge on any atom is 0.326 e. The number of carbonyl (C=O) groups excluding carboxylic acids is 2. The molecule has 1 saturated heterocycles. The Balaban J connectivity index is 2.48. The second-order valence-corrected chi connectivity index (χ2v) is 5.91. The molecule has 0 aromatic carbocycles. The van der Waals surface area contributed by atoms with Crippen molar-refractivity contribution in [3.05, 3.63) is 0 Å². The summed E-state index contributed by atoms with van der Waals surface area (Å²) in [6.07, 6.45) is 2.35. The minimum absolute atomic E-state index is 0.0279. The molecular formula is C14H25N3O4. The lowest BCUT2D eigenvalue weighted by molar-refractivity contribution is -0.139. The number of aliphatic carboxylic acids is 1. The van der Waals surface area contributed by atoms with Gasteiger partial charge in [0.15, 0.2) is 0 Å². The van der Waals surface area contributed by atoms with Gasteiger partial charge in [-0.05, 0) is 25.2 Å². The number of hydrogen-bond acceptors (Lipinski definition) is 3. The Morgan fingerprint density at radius 1 is 1.24 bits per heavy atom. The van der Waals surface area contributed by atoms with E-state index < -0.39 is 18.0 Å². The molecule has 0 spiro atoms. The highest BCUT2D eigenvalue weighted by molar-refractivity contribution is 5.86. The molecule has 2 N–H and O–H groups in total. The van der Waals surface area contributed by atoms with Crippen LogP contribution in [0.3, 0.4) is 0 Å². The van der Waals surface area contributed by atoms with Crippen LogP contribution in [0.4, 0.5) is 4.79 Å². The molecule has 1 atom stereocenters. The van der Waals surface area contributed by atoms with Gasteiger partial charge in [-0.3, -0.25) is 4.79 Å². The summed E-state index contributed by atoms with van der Waals surface area (Å²) in [4.78, 5) is 38.0. The second-order valence-electron chi connectivity index (χ2n) is 5.91. The molecule has 0 radical (unpaired) electrons. The highest BCUT2D eigenvalue weighted by Crippen LogP contribution is 2.08. The molecule has 3 amide bonds. The van der Waals surface area contributed by atoms with Gasteiger partial charge in [-0.15, -0.1) is 0 Å². The number of rotatable bonds is 6. The van der Waals surface area contributed by atoms with Crippen LogP contribution in [0.15, 0.2) is 0 Å². The van der Waals surface area contributed by atoms with E-state index >= 15 is 0 Å². The van der Waals surface area contributed by atoms with Crippen LogP contribution >= 0.6 is 0 Å². The fraction of sp³-hybridized carbons (Fsp3) is 0.786. The summed E-state index contributed by atoms with van der Waals surface area (Å²) >= 11 is 0. The Hall–Kier alpha value is -1.79. The smallest absolute Gasteiger partial charge is 0.326 e. The van der Waals surface area contributed by atoms with Crippen molar-refractivity contribution in [2.24, 2.45) is 5.92 Å². The lowest BCUT2D eigenvalue weighted by Crippen LogP contribution is -2.49. The Bertz CT molecular complexity index is 392. The van der Waals surface area contributed by atoms with Crippen LogP contribution in [-0.2, 0) is 9.59 Å². The predicted molar refractivity (Wildman–Crippen MR) is 77.9 cm³/mol. The van der Waals surface area contributed by atoms with Crippen LogP contribution in [0.5, 0.6) is 0 Å². The zero-order valence-electron chi connectivity index (χ0n) is 13.0. The van der Waals surface area contributed by atoms with Gasteiger partial charge in [0.1, 0.15) is 12.6 Å². The van der Waals surface area contributed by atoms with E-state index in [1.165, 1.54) is 11.9 Å². The van der Waals surface area contributed by atoms with Crippen LogP contribution < -0.4 is 5.32 Å². The number of urea groups is 1. The maximum atomic E-state index is 12.0. The van der Waals surface area contributed by atoms with E-state index in [-0.39, 0.29) is 18.4 Å². The van der Waals surface area contributed by atoms with E-state index in [9.17, 15) is 14.4 Å². The van der Waals surface area contributed by atoms with Crippen molar-refractivity contribution in [3.63, 3.8) is 0 Å². The van der Waals surface area contributed by atoms with Crippen molar-refractivity contribution >= 4 is 17.9 Å². The van der Waals surface area contributed by atoms with Gasteiger partial charge in [0, 0.05) is 20.1 Å². The first-order valence-electron chi connectivity index (χ1n) is 7.33. The molecule has 1 fully saturated rings. The third-order valence-electron chi connectivity index (χ3n) is 3.48. The molecular weight excluding hydrogens is 274 g/mol. The number of likely N-dealkylation sites (tertiary alicyclic amines) is 1. The fourth-order valence-corrected chi connectivity index (χ4v) is 2.29. The molecule has 7 nitrogen and oxygen atoms in total. The molecule has 7 heteroatoms. The topological polar surface area (TPSA) is 90.0 Å². The fourth-order valence-electron chi connectivity index (χ4n) is 2.29. The number of amides is 3. The SMILES string of the molecule is CC(C)CC(NC(=O)N(C)CC(=O)N1CCCC1)C(=O)O. The van der Waals surface area contributed by atoms with Gasteiger partial charge in [-0.25, -0.2) is 9.59 Å². The lowest BCUT2D eigenvalue weighted by atomic mass is 10.0. The predicted octanol–water partition coefficient (Wildman–Crippen LogP) is 0.750. The van der Waals surface area contributed by atoms with Gasteiger partial charge in [-0.1, -0.05) is 13.8 Å². The van der Waals surface area contributed by atoms with E-state index in [2.05, 4.69) is 5.32 Å². The number of carboxylic acids is 1. The number of hydrogen-bond donors (Lipinski definition) is 2. The summed E-state index contributed by atoms with van der Waals surface area (Å²) in [6, 6.07) is -1.46. The van der Waals surface area contributed by atoms with Crippen molar-refractivity contribution in [2.45, 2.75) is 39.2 Å². The average molecular weight is 299 g/mol. The molecule has 1 aliphatic rings. The summed E-state index contributed by atoms with van der Waals surface area (Å²) in [5.74, 6) is -1.000. The Kier molecular flexibility index (Phi) is 6.45. The van der Waals surface area contributed by atoms with Crippen molar-refractivity contribution in [3.8, 4) is 0 Å². The molecule has 0 aromatic heterocycles. The summed E-state index contributed by atoms with van der Waals surface area (Å²) in [5.41, 5.74) is 0. The van der Waals surface area contributed by atoms with Crippen LogP contribution in [0, 0.1) is 5.92 Å². The number of nitrogens with one attached hydrogen (secondary N) is 1. The number of likely N-dealkylation sites (N-methyl/N-ethyl adjacent to an activating group) is 1. The molecule has 1 aliphatic heterocycles. The molecule has 1 unspecified atom stereocenters. The van der Waals surface area contributed by atoms with Crippen LogP contribution in [0.1, 0.15) is 33.1 Å². The van der Waals surface area contributed by atoms with Crippen LogP contribution in [-0.4, -0.2) is 65.5 Å². The van der Waals surface area contributed by atoms with Gasteiger partial charge in [-0.2, -0.15) is 0 Å². The third-order valence-corrected chi connectivity index (χ3v) is 3.48. The van der Waals surface area contributed by atoms with Gasteiger partial charge in [0.2, 0.25) is 5.91 Å². The summed E-state index contributed by atoms with van der Waals surface area (Å²) in [6.45, 7) is 5.23. The van der Waals surface area contributed by atoms with E-state index in [1.54, 1.807) is 4.90 Å². The van der Waals surface area contributed by atoms with Gasteiger partial charge in [0.25, 0.3) is 0 Å². The summed E-state index contributed by atoms with van der Waals surface area (Å²) < 4.78 is 0. The highest BCUT2D eigenvalue weighted by atomic mass is 16.4. The quantitative estimate of drug-likeness (QED) is 0.757. The van der Waals surface area contributed by atoms with Crippen molar-refractivity contribution < 1.29 is 19.5 Å². The van der Waals surface area contributed by atoms with E-state index in [0.29, 0.717) is 6.42 Å². The first kappa shape index (κ1) is 17.3. The molecule has 0 aromatic rings. The summed E-state index contributed by atoms with van der Waals surface area (Å²) in [7, 11) is 1.50. The van der Waals surface area contributed by atoms with E-state index in [4.69, 9.17) is 5.11 Å². The van der Waals surface area contributed by atoms with Gasteiger partial charge in [0.05, 0.1) is 0 Å². The largest absolute Gasteiger partial charge is 0.480 e. The third kappa shape index (κ3) is 5.61. The van der Waals surface area contributed by atoms with E-state index in [0.717, 1.165) is 25.9 Å². The molecule has 1 heterocycles. The normalized spacial score (nSPS) is 15.9. The summed E-state index contributed by atoms with van der Waals surface area (Å²) in [5, 5.41) is 11.6. The lowest BCUT2D eigenvalue weighted by Gasteiger charge is -2.24. The zero-order chi connectivity index (χ0) is 16.0. The molecule has 21 heavy (non-hydrogen) atoms. The van der Waals surface area contributed by atoms with Crippen LogP contribution in [0.2, 0.25) is 0 Å². The number of carboxylic acid groups (broad SMARTS) is 1.